The van der Waals surface area contributed by atoms with E-state index in [1.807, 2.05) is 48.1 Å². The van der Waals surface area contributed by atoms with E-state index in [-0.39, 0.29) is 29.6 Å². The highest BCUT2D eigenvalue weighted by Crippen LogP contribution is 2.24. The van der Waals surface area contributed by atoms with Crippen LogP contribution < -0.4 is 20.3 Å². The van der Waals surface area contributed by atoms with Crippen molar-refractivity contribution in [3.05, 3.63) is 68.2 Å². The van der Waals surface area contributed by atoms with Crippen LogP contribution in [-0.2, 0) is 16.1 Å². The molecule has 2 heterocycles. The van der Waals surface area contributed by atoms with Gasteiger partial charge in [-0.05, 0) is 57.0 Å². The molecule has 0 radical (unpaired) electrons. The van der Waals surface area contributed by atoms with Crippen molar-refractivity contribution in [3.8, 4) is 17.0 Å². The number of benzene rings is 1. The van der Waals surface area contributed by atoms with Crippen molar-refractivity contribution < 1.29 is 19.1 Å². The van der Waals surface area contributed by atoms with Gasteiger partial charge in [-0.15, -0.1) is 11.3 Å². The van der Waals surface area contributed by atoms with Gasteiger partial charge in [0.1, 0.15) is 17.9 Å². The highest BCUT2D eigenvalue weighted by molar-refractivity contribution is 7.07. The number of aryl methyl sites for hydroxylation is 1. The summed E-state index contributed by atoms with van der Waals surface area (Å²) >= 11 is 1.31. The lowest BCUT2D eigenvalue weighted by atomic mass is 10.1. The second-order valence-electron chi connectivity index (χ2n) is 8.19. The van der Waals surface area contributed by atoms with E-state index in [0.717, 1.165) is 17.0 Å². The number of ether oxygens (including phenoxy) is 2. The van der Waals surface area contributed by atoms with Crippen LogP contribution in [0.2, 0.25) is 0 Å². The van der Waals surface area contributed by atoms with Gasteiger partial charge in [0.05, 0.1) is 11.8 Å². The average molecular weight is 499 g/mol. The van der Waals surface area contributed by atoms with Gasteiger partial charge in [-0.1, -0.05) is 0 Å². The third-order valence-corrected chi connectivity index (χ3v) is 5.82. The van der Waals surface area contributed by atoms with Crippen LogP contribution in [0.4, 0.5) is 0 Å². The predicted molar refractivity (Wildman–Crippen MR) is 135 cm³/mol. The summed E-state index contributed by atoms with van der Waals surface area (Å²) in [7, 11) is 1.47. The van der Waals surface area contributed by atoms with Crippen molar-refractivity contribution in [1.29, 1.82) is 0 Å². The highest BCUT2D eigenvalue weighted by atomic mass is 32.1. The molecule has 0 saturated heterocycles. The number of hydrogen-bond acceptors (Lipinski definition) is 6. The molecule has 2 aromatic heterocycles. The summed E-state index contributed by atoms with van der Waals surface area (Å²) in [5, 5.41) is 4.72. The molecule has 0 aliphatic rings. The van der Waals surface area contributed by atoms with Gasteiger partial charge in [-0.2, -0.15) is 4.99 Å². The van der Waals surface area contributed by atoms with Crippen molar-refractivity contribution in [1.82, 2.24) is 14.9 Å². The Labute approximate surface area is 207 Å². The third kappa shape index (κ3) is 7.24. The third-order valence-electron chi connectivity index (χ3n) is 4.96. The molecule has 186 valence electrons. The number of amides is 2. The highest BCUT2D eigenvalue weighted by Gasteiger charge is 2.13. The van der Waals surface area contributed by atoms with E-state index in [9.17, 15) is 14.4 Å². The van der Waals surface area contributed by atoms with Crippen LogP contribution in [0, 0.1) is 6.92 Å². The Kier molecular flexibility index (Phi) is 9.16. The maximum absolute atomic E-state index is 12.8. The quantitative estimate of drug-likeness (QED) is 0.417. The van der Waals surface area contributed by atoms with Gasteiger partial charge in [0.2, 0.25) is 5.91 Å². The van der Waals surface area contributed by atoms with Crippen LogP contribution in [0.15, 0.2) is 51.7 Å². The smallest absolute Gasteiger partial charge is 0.285 e. The van der Waals surface area contributed by atoms with Crippen molar-refractivity contribution in [3.63, 3.8) is 0 Å². The number of pyridine rings is 1. The number of methoxy groups -OCH3 is 1. The Morgan fingerprint density at radius 1 is 1.23 bits per heavy atom. The SMILES string of the molecule is COCC(=O)NCCCn1c(-c2ccc(OC(C)C)cc2)csc1=NC(=O)c1c[nH]c(C)cc1=O. The zero-order valence-electron chi connectivity index (χ0n) is 20.3. The largest absolute Gasteiger partial charge is 0.491 e. The van der Waals surface area contributed by atoms with Crippen LogP contribution in [-0.4, -0.2) is 47.7 Å². The number of nitrogens with one attached hydrogen (secondary N) is 2. The van der Waals surface area contributed by atoms with E-state index in [4.69, 9.17) is 9.47 Å². The molecule has 35 heavy (non-hydrogen) atoms. The first-order valence-electron chi connectivity index (χ1n) is 11.3. The number of nitrogens with zero attached hydrogens (tertiary/aromatic N) is 2. The molecular weight excluding hydrogens is 468 g/mol. The molecule has 0 atom stereocenters. The fourth-order valence-corrected chi connectivity index (χ4v) is 4.31. The Hall–Kier alpha value is -3.50. The van der Waals surface area contributed by atoms with Crippen LogP contribution in [0.25, 0.3) is 11.3 Å². The van der Waals surface area contributed by atoms with Crippen LogP contribution >= 0.6 is 11.3 Å². The van der Waals surface area contributed by atoms with Crippen LogP contribution in [0.1, 0.15) is 36.3 Å². The first kappa shape index (κ1) is 26.1. The standard InChI is InChI=1S/C25H30N4O5S/c1-16(2)34-19-8-6-18(7-9-19)21-15-35-25(29(21)11-5-10-26-23(31)14-33-4)28-24(32)20-13-27-17(3)12-22(20)30/h6-9,12-13,15-16H,5,10-11,14H2,1-4H3,(H,26,31)(H,27,30). The molecule has 0 spiro atoms. The fraction of sp³-hybridized carbons (Fsp3) is 0.360. The minimum absolute atomic E-state index is 0.00181. The number of carbonyl (C=O) groups is 2. The normalized spacial score (nSPS) is 11.6. The first-order chi connectivity index (χ1) is 16.8. The maximum atomic E-state index is 12.8. The molecule has 2 amide bonds. The zero-order valence-corrected chi connectivity index (χ0v) is 21.1. The molecule has 0 saturated carbocycles. The van der Waals surface area contributed by atoms with E-state index in [2.05, 4.69) is 15.3 Å². The number of thiazole rings is 1. The lowest BCUT2D eigenvalue weighted by molar-refractivity contribution is -0.124. The second-order valence-corrected chi connectivity index (χ2v) is 9.03. The molecule has 0 aliphatic carbocycles. The Morgan fingerprint density at radius 2 is 1.97 bits per heavy atom. The summed E-state index contributed by atoms with van der Waals surface area (Å²) in [4.78, 5) is 44.3. The molecule has 3 aromatic rings. The van der Waals surface area contributed by atoms with Gasteiger partial charge in [-0.25, -0.2) is 0 Å². The van der Waals surface area contributed by atoms with Crippen molar-refractivity contribution in [2.75, 3.05) is 20.3 Å². The van der Waals surface area contributed by atoms with Crippen molar-refractivity contribution in [2.24, 2.45) is 4.99 Å². The number of rotatable bonds is 10. The van der Waals surface area contributed by atoms with E-state index >= 15 is 0 Å². The summed E-state index contributed by atoms with van der Waals surface area (Å²) in [5.41, 5.74) is 2.08. The van der Waals surface area contributed by atoms with Crippen molar-refractivity contribution in [2.45, 2.75) is 39.8 Å². The van der Waals surface area contributed by atoms with E-state index in [0.29, 0.717) is 30.0 Å². The number of H-pyrrole nitrogens is 1. The van der Waals surface area contributed by atoms with E-state index < -0.39 is 5.91 Å². The molecule has 0 bridgehead atoms. The topological polar surface area (TPSA) is 115 Å². The van der Waals surface area contributed by atoms with Crippen LogP contribution in [0.5, 0.6) is 5.75 Å². The molecule has 9 nitrogen and oxygen atoms in total. The molecular formula is C25H30N4O5S. The Balaban J connectivity index is 1.91. The first-order valence-corrected chi connectivity index (χ1v) is 12.2. The van der Waals surface area contributed by atoms with Gasteiger partial charge >= 0.3 is 0 Å². The summed E-state index contributed by atoms with van der Waals surface area (Å²) in [6.45, 7) is 6.63. The Bertz CT molecular complexity index is 1290. The van der Waals surface area contributed by atoms with Gasteiger partial charge in [0.15, 0.2) is 10.2 Å². The molecule has 2 N–H and O–H groups in total. The zero-order chi connectivity index (χ0) is 25.4. The minimum Gasteiger partial charge on any atom is -0.491 e. The van der Waals surface area contributed by atoms with Gasteiger partial charge in [0.25, 0.3) is 5.91 Å². The Morgan fingerprint density at radius 3 is 2.63 bits per heavy atom. The number of aromatic nitrogens is 2. The average Bonchev–Trinajstić information content (AvgIpc) is 3.19. The summed E-state index contributed by atoms with van der Waals surface area (Å²) in [5.74, 6) is -0.0324. The summed E-state index contributed by atoms with van der Waals surface area (Å²) < 4.78 is 12.5. The van der Waals surface area contributed by atoms with E-state index in [1.54, 1.807) is 6.92 Å². The number of hydrogen-bond donors (Lipinski definition) is 2. The second kappa shape index (κ2) is 12.3. The van der Waals surface area contributed by atoms with Crippen molar-refractivity contribution >= 4 is 23.2 Å². The fourth-order valence-electron chi connectivity index (χ4n) is 3.38. The predicted octanol–water partition coefficient (Wildman–Crippen LogP) is 2.89. The van der Waals surface area contributed by atoms with Crippen LogP contribution in [0.3, 0.4) is 0 Å². The number of carbonyl (C=O) groups excluding carboxylic acids is 2. The minimum atomic E-state index is -0.609. The molecule has 3 rings (SSSR count). The summed E-state index contributed by atoms with van der Waals surface area (Å²) in [6.07, 6.45) is 2.07. The van der Waals surface area contributed by atoms with Gasteiger partial charge < -0.3 is 24.3 Å². The monoisotopic (exact) mass is 498 g/mol. The molecule has 10 heteroatoms. The summed E-state index contributed by atoms with van der Waals surface area (Å²) in [6, 6.07) is 9.08. The molecule has 1 aromatic carbocycles. The van der Waals surface area contributed by atoms with E-state index in [1.165, 1.54) is 30.7 Å². The maximum Gasteiger partial charge on any atom is 0.285 e. The number of aromatic amines is 1. The molecule has 0 aliphatic heterocycles. The molecule has 0 unspecified atom stereocenters. The van der Waals surface area contributed by atoms with Gasteiger partial charge in [0, 0.05) is 43.5 Å². The van der Waals surface area contributed by atoms with Gasteiger partial charge in [-0.3, -0.25) is 14.4 Å². The lowest BCUT2D eigenvalue weighted by Crippen LogP contribution is -2.29. The lowest BCUT2D eigenvalue weighted by Gasteiger charge is -2.12. The molecule has 0 fully saturated rings.